The Morgan fingerprint density at radius 2 is 2.00 bits per heavy atom. The molecule has 1 aliphatic rings. The number of amides is 2. The summed E-state index contributed by atoms with van der Waals surface area (Å²) in [5.74, 6) is 0.0418. The van der Waals surface area contributed by atoms with Crippen molar-refractivity contribution < 1.29 is 19.1 Å². The van der Waals surface area contributed by atoms with Crippen LogP contribution in [-0.4, -0.2) is 23.0 Å². The van der Waals surface area contributed by atoms with Gasteiger partial charge in [-0.1, -0.05) is 12.1 Å². The molecule has 1 heterocycles. The van der Waals surface area contributed by atoms with Crippen LogP contribution in [0.3, 0.4) is 0 Å². The van der Waals surface area contributed by atoms with Gasteiger partial charge in [-0.25, -0.2) is 0 Å². The predicted molar refractivity (Wildman–Crippen MR) is 91.5 cm³/mol. The van der Waals surface area contributed by atoms with Crippen molar-refractivity contribution in [2.45, 2.75) is 38.5 Å². The number of rotatable bonds is 6. The maximum atomic E-state index is 12.2. The molecule has 2 atom stereocenters. The predicted octanol–water partition coefficient (Wildman–Crippen LogP) is 1.99. The molecule has 6 heteroatoms. The molecule has 6 nitrogen and oxygen atoms in total. The number of carbonyl (C=O) groups is 2. The van der Waals surface area contributed by atoms with E-state index in [1.54, 1.807) is 36.6 Å². The SMILES string of the molecule is O=C(NCc1ccco1)c1cccc(CNC(=O)C2CCCC2O)c1. The van der Waals surface area contributed by atoms with E-state index >= 15 is 0 Å². The molecular weight excluding hydrogens is 320 g/mol. The molecule has 0 saturated heterocycles. The number of furan rings is 1. The van der Waals surface area contributed by atoms with E-state index in [1.165, 1.54) is 0 Å². The van der Waals surface area contributed by atoms with Gasteiger partial charge in [-0.2, -0.15) is 0 Å². The van der Waals surface area contributed by atoms with Gasteiger partial charge in [0.25, 0.3) is 5.91 Å². The molecule has 0 spiro atoms. The van der Waals surface area contributed by atoms with Crippen molar-refractivity contribution in [1.82, 2.24) is 10.6 Å². The normalized spacial score (nSPS) is 19.6. The third-order valence-electron chi connectivity index (χ3n) is 4.48. The average molecular weight is 342 g/mol. The molecule has 0 aliphatic heterocycles. The van der Waals surface area contributed by atoms with Gasteiger partial charge in [0.05, 0.1) is 24.8 Å². The number of hydrogen-bond donors (Lipinski definition) is 3. The van der Waals surface area contributed by atoms with E-state index in [-0.39, 0.29) is 17.7 Å². The van der Waals surface area contributed by atoms with Gasteiger partial charge < -0.3 is 20.2 Å². The number of benzene rings is 1. The van der Waals surface area contributed by atoms with Gasteiger partial charge in [0.1, 0.15) is 5.76 Å². The third kappa shape index (κ3) is 4.48. The first-order valence-electron chi connectivity index (χ1n) is 8.49. The summed E-state index contributed by atoms with van der Waals surface area (Å²) < 4.78 is 5.18. The van der Waals surface area contributed by atoms with E-state index < -0.39 is 6.10 Å². The van der Waals surface area contributed by atoms with E-state index in [9.17, 15) is 14.7 Å². The largest absolute Gasteiger partial charge is 0.467 e. The molecule has 25 heavy (non-hydrogen) atoms. The van der Waals surface area contributed by atoms with Crippen LogP contribution in [0.4, 0.5) is 0 Å². The molecule has 0 radical (unpaired) electrons. The third-order valence-corrected chi connectivity index (χ3v) is 4.48. The van der Waals surface area contributed by atoms with Crippen LogP contribution in [0.15, 0.2) is 47.1 Å². The first-order valence-corrected chi connectivity index (χ1v) is 8.49. The molecule has 1 aromatic heterocycles. The van der Waals surface area contributed by atoms with Gasteiger partial charge in [0.2, 0.25) is 5.91 Å². The average Bonchev–Trinajstić information content (AvgIpc) is 3.29. The molecule has 1 fully saturated rings. The summed E-state index contributed by atoms with van der Waals surface area (Å²) in [4.78, 5) is 24.3. The highest BCUT2D eigenvalue weighted by Gasteiger charge is 2.31. The Bertz CT molecular complexity index is 727. The van der Waals surface area contributed by atoms with Crippen LogP contribution in [0.25, 0.3) is 0 Å². The maximum Gasteiger partial charge on any atom is 0.251 e. The highest BCUT2D eigenvalue weighted by atomic mass is 16.3. The molecule has 2 unspecified atom stereocenters. The van der Waals surface area contributed by atoms with Crippen LogP contribution in [0.5, 0.6) is 0 Å². The van der Waals surface area contributed by atoms with Crippen molar-refractivity contribution in [3.05, 3.63) is 59.5 Å². The Labute approximate surface area is 146 Å². The lowest BCUT2D eigenvalue weighted by atomic mass is 10.0. The second kappa shape index (κ2) is 7.98. The number of aliphatic hydroxyl groups excluding tert-OH is 1. The van der Waals surface area contributed by atoms with Gasteiger partial charge >= 0.3 is 0 Å². The minimum atomic E-state index is -0.543. The smallest absolute Gasteiger partial charge is 0.251 e. The Morgan fingerprint density at radius 1 is 1.12 bits per heavy atom. The lowest BCUT2D eigenvalue weighted by Crippen LogP contribution is -2.34. The number of hydrogen-bond acceptors (Lipinski definition) is 4. The number of aliphatic hydroxyl groups is 1. The first-order chi connectivity index (χ1) is 12.1. The summed E-state index contributed by atoms with van der Waals surface area (Å²) in [6, 6.07) is 10.7. The Morgan fingerprint density at radius 3 is 2.72 bits per heavy atom. The van der Waals surface area contributed by atoms with Crippen LogP contribution in [-0.2, 0) is 17.9 Å². The number of carbonyl (C=O) groups excluding carboxylic acids is 2. The fourth-order valence-corrected chi connectivity index (χ4v) is 3.07. The van der Waals surface area contributed by atoms with Crippen LogP contribution >= 0.6 is 0 Å². The maximum absolute atomic E-state index is 12.2. The van der Waals surface area contributed by atoms with Gasteiger partial charge in [-0.3, -0.25) is 9.59 Å². The van der Waals surface area contributed by atoms with Crippen LogP contribution in [0.1, 0.15) is 40.9 Å². The highest BCUT2D eigenvalue weighted by molar-refractivity contribution is 5.94. The molecule has 1 aromatic carbocycles. The summed E-state index contributed by atoms with van der Waals surface area (Å²) in [6.07, 6.45) is 3.31. The van der Waals surface area contributed by atoms with E-state index in [0.29, 0.717) is 30.8 Å². The molecule has 0 bridgehead atoms. The van der Waals surface area contributed by atoms with Crippen molar-refractivity contribution in [3.8, 4) is 0 Å². The standard InChI is InChI=1S/C19H22N2O4/c22-17-8-2-7-16(17)19(24)20-11-13-4-1-5-14(10-13)18(23)21-12-15-6-3-9-25-15/h1,3-6,9-10,16-17,22H,2,7-8,11-12H2,(H,20,24)(H,21,23). The summed E-state index contributed by atoms with van der Waals surface area (Å²) in [5, 5.41) is 15.4. The molecule has 1 aliphatic carbocycles. The molecule has 2 aromatic rings. The van der Waals surface area contributed by atoms with Crippen molar-refractivity contribution in [2.24, 2.45) is 5.92 Å². The minimum Gasteiger partial charge on any atom is -0.467 e. The van der Waals surface area contributed by atoms with Crippen molar-refractivity contribution >= 4 is 11.8 Å². The van der Waals surface area contributed by atoms with Crippen molar-refractivity contribution in [1.29, 1.82) is 0 Å². The van der Waals surface area contributed by atoms with Crippen LogP contribution in [0.2, 0.25) is 0 Å². The molecule has 3 N–H and O–H groups in total. The lowest BCUT2D eigenvalue weighted by Gasteiger charge is -2.14. The Kier molecular flexibility index (Phi) is 5.50. The Balaban J connectivity index is 1.53. The second-order valence-corrected chi connectivity index (χ2v) is 6.28. The summed E-state index contributed by atoms with van der Waals surface area (Å²) >= 11 is 0. The Hall–Kier alpha value is -2.60. The molecular formula is C19H22N2O4. The van der Waals surface area contributed by atoms with E-state index in [2.05, 4.69) is 10.6 Å². The van der Waals surface area contributed by atoms with Gasteiger partial charge in [-0.15, -0.1) is 0 Å². The fourth-order valence-electron chi connectivity index (χ4n) is 3.07. The summed E-state index contributed by atoms with van der Waals surface area (Å²) in [5.41, 5.74) is 1.37. The molecule has 2 amide bonds. The molecule has 1 saturated carbocycles. The summed E-state index contributed by atoms with van der Waals surface area (Å²) in [6.45, 7) is 0.660. The zero-order valence-corrected chi connectivity index (χ0v) is 13.9. The lowest BCUT2D eigenvalue weighted by molar-refractivity contribution is -0.127. The fraction of sp³-hybridized carbons (Fsp3) is 0.368. The van der Waals surface area contributed by atoms with E-state index in [4.69, 9.17) is 4.42 Å². The number of nitrogens with one attached hydrogen (secondary N) is 2. The monoisotopic (exact) mass is 342 g/mol. The van der Waals surface area contributed by atoms with Gasteiger partial charge in [0.15, 0.2) is 0 Å². The zero-order chi connectivity index (χ0) is 17.6. The van der Waals surface area contributed by atoms with Crippen molar-refractivity contribution in [3.63, 3.8) is 0 Å². The zero-order valence-electron chi connectivity index (χ0n) is 13.9. The second-order valence-electron chi connectivity index (χ2n) is 6.28. The highest BCUT2D eigenvalue weighted by Crippen LogP contribution is 2.25. The molecule has 132 valence electrons. The first kappa shape index (κ1) is 17.2. The topological polar surface area (TPSA) is 91.6 Å². The quantitative estimate of drug-likeness (QED) is 0.749. The van der Waals surface area contributed by atoms with Crippen LogP contribution in [0, 0.1) is 5.92 Å². The van der Waals surface area contributed by atoms with Gasteiger partial charge in [-0.05, 0) is 49.1 Å². The molecule has 3 rings (SSSR count). The van der Waals surface area contributed by atoms with E-state index in [0.717, 1.165) is 18.4 Å². The van der Waals surface area contributed by atoms with Gasteiger partial charge in [0, 0.05) is 12.1 Å². The van der Waals surface area contributed by atoms with E-state index in [1.807, 2.05) is 6.07 Å². The summed E-state index contributed by atoms with van der Waals surface area (Å²) in [7, 11) is 0. The minimum absolute atomic E-state index is 0.127. The van der Waals surface area contributed by atoms with Crippen LogP contribution < -0.4 is 10.6 Å². The van der Waals surface area contributed by atoms with Crippen molar-refractivity contribution in [2.75, 3.05) is 0 Å².